The van der Waals surface area contributed by atoms with Crippen LogP contribution in [0.3, 0.4) is 0 Å². The first-order valence-electron chi connectivity index (χ1n) is 33.3. The van der Waals surface area contributed by atoms with Gasteiger partial charge in [-0.2, -0.15) is 0 Å². The Morgan fingerprint density at radius 1 is 0.346 bits per heavy atom. The SMILES string of the molecule is C=CCc1c(C)nc(-c2cccs2)nc1Nc1ccc(C(=O)OC)cc1.C=CCc1c(CC)nc(-c2cccs2)nc1Nc1ccc(C(=O)OC)cc1.CCc1c(C)nc(-c2cccs2)nc1Nc1ccc(C(=O)OC)cc1.CCc1nc(-c2cccs2)nc(Nc2ccc(C(=O)OC)cc2)c1CC. The first-order chi connectivity index (χ1) is 50.5. The highest BCUT2D eigenvalue weighted by Crippen LogP contribution is 2.34. The fourth-order valence-corrected chi connectivity index (χ4v) is 13.3. The Bertz CT molecular complexity index is 4840. The number of aromatic nitrogens is 8. The van der Waals surface area contributed by atoms with Crippen LogP contribution in [0.15, 0.2) is 192 Å². The Morgan fingerprint density at radius 3 is 0.875 bits per heavy atom. The molecule has 24 heteroatoms. The zero-order valence-corrected chi connectivity index (χ0v) is 62.7. The topological polar surface area (TPSA) is 256 Å². The number of ether oxygens (including phenoxy) is 4. The Kier molecular flexibility index (Phi) is 28.0. The molecular formula is C80H80N12O8S4. The smallest absolute Gasteiger partial charge is 0.337 e. The normalized spacial score (nSPS) is 10.5. The summed E-state index contributed by atoms with van der Waals surface area (Å²) in [6.07, 6.45) is 8.36. The van der Waals surface area contributed by atoms with Crippen molar-refractivity contribution in [1.82, 2.24) is 39.9 Å². The highest BCUT2D eigenvalue weighted by Gasteiger charge is 2.20. The van der Waals surface area contributed by atoms with Crippen LogP contribution in [0.1, 0.15) is 114 Å². The van der Waals surface area contributed by atoms with Gasteiger partial charge in [0.25, 0.3) is 0 Å². The van der Waals surface area contributed by atoms with Gasteiger partial charge in [-0.05, 0) is 195 Å². The fraction of sp³-hybridized carbons (Fsp3) is 0.200. The van der Waals surface area contributed by atoms with Gasteiger partial charge < -0.3 is 40.2 Å². The zero-order chi connectivity index (χ0) is 74.1. The molecule has 0 unspecified atom stereocenters. The number of rotatable bonds is 24. The molecule has 0 spiro atoms. The van der Waals surface area contributed by atoms with Crippen LogP contribution in [0.2, 0.25) is 0 Å². The summed E-state index contributed by atoms with van der Waals surface area (Å²) in [5.41, 5.74) is 13.6. The van der Waals surface area contributed by atoms with Crippen LogP contribution >= 0.6 is 45.3 Å². The zero-order valence-electron chi connectivity index (χ0n) is 59.5. The molecule has 12 rings (SSSR count). The van der Waals surface area contributed by atoms with Crippen LogP contribution in [0, 0.1) is 13.8 Å². The van der Waals surface area contributed by atoms with Gasteiger partial charge in [0.05, 0.1) is 70.2 Å². The molecule has 0 radical (unpaired) electrons. The number of benzene rings is 4. The minimum Gasteiger partial charge on any atom is -0.465 e. The third kappa shape index (κ3) is 20.0. The molecule has 0 saturated heterocycles. The summed E-state index contributed by atoms with van der Waals surface area (Å²) in [5, 5.41) is 21.5. The number of thiophene rings is 4. The maximum absolute atomic E-state index is 11.6. The van der Waals surface area contributed by atoms with E-state index in [4.69, 9.17) is 48.9 Å². The molecule has 532 valence electrons. The molecule has 0 atom stereocenters. The van der Waals surface area contributed by atoms with Crippen molar-refractivity contribution in [2.45, 2.75) is 80.1 Å². The monoisotopic (exact) mass is 1460 g/mol. The Labute approximate surface area is 621 Å². The molecule has 8 heterocycles. The Balaban J connectivity index is 0.000000161. The van der Waals surface area contributed by atoms with Crippen LogP contribution in [-0.4, -0.2) is 92.2 Å². The largest absolute Gasteiger partial charge is 0.465 e. The first kappa shape index (κ1) is 76.7. The number of carbonyl (C=O) groups is 4. The lowest BCUT2D eigenvalue weighted by atomic mass is 10.1. The van der Waals surface area contributed by atoms with E-state index in [1.807, 2.05) is 145 Å². The van der Waals surface area contributed by atoms with Crippen LogP contribution in [0.5, 0.6) is 0 Å². The molecule has 0 saturated carbocycles. The number of hydrogen-bond acceptors (Lipinski definition) is 24. The molecule has 12 aromatic rings. The van der Waals surface area contributed by atoms with Crippen molar-refractivity contribution >= 4 is 115 Å². The van der Waals surface area contributed by atoms with Crippen molar-refractivity contribution in [2.75, 3.05) is 49.7 Å². The second kappa shape index (κ2) is 38.0. The molecule has 4 N–H and O–H groups in total. The molecule has 4 aromatic carbocycles. The molecule has 0 fully saturated rings. The quantitative estimate of drug-likeness (QED) is 0.0249. The number of allylic oxidation sites excluding steroid dienone is 2. The van der Waals surface area contributed by atoms with Gasteiger partial charge in [0, 0.05) is 67.8 Å². The highest BCUT2D eigenvalue weighted by molar-refractivity contribution is 7.14. The van der Waals surface area contributed by atoms with Gasteiger partial charge in [-0.3, -0.25) is 0 Å². The van der Waals surface area contributed by atoms with Gasteiger partial charge in [-0.15, -0.1) is 58.5 Å². The first-order valence-corrected chi connectivity index (χ1v) is 36.8. The highest BCUT2D eigenvalue weighted by atomic mass is 32.1. The minimum absolute atomic E-state index is 0.346. The van der Waals surface area contributed by atoms with Crippen LogP contribution in [0.25, 0.3) is 42.8 Å². The van der Waals surface area contributed by atoms with Crippen LogP contribution < -0.4 is 21.3 Å². The number of hydrogen-bond donors (Lipinski definition) is 4. The van der Waals surface area contributed by atoms with E-state index < -0.39 is 0 Å². The third-order valence-electron chi connectivity index (χ3n) is 15.9. The minimum atomic E-state index is -0.359. The Morgan fingerprint density at radius 2 is 0.606 bits per heavy atom. The second-order valence-electron chi connectivity index (χ2n) is 22.6. The molecule has 8 aromatic heterocycles. The molecule has 0 bridgehead atoms. The van der Waals surface area contributed by atoms with Crippen LogP contribution in [0.4, 0.5) is 46.0 Å². The number of aryl methyl sites for hydroxylation is 4. The predicted octanol–water partition coefficient (Wildman–Crippen LogP) is 19.3. The molecule has 0 amide bonds. The van der Waals surface area contributed by atoms with Gasteiger partial charge in [-0.1, -0.05) is 64.1 Å². The summed E-state index contributed by atoms with van der Waals surface area (Å²) in [6, 6.07) is 44.6. The average Bonchev–Trinajstić information content (AvgIpc) is 1.28. The summed E-state index contributed by atoms with van der Waals surface area (Å²) >= 11 is 6.46. The number of anilines is 8. The summed E-state index contributed by atoms with van der Waals surface area (Å²) < 4.78 is 18.9. The van der Waals surface area contributed by atoms with E-state index in [0.29, 0.717) is 46.7 Å². The van der Waals surface area contributed by atoms with E-state index in [9.17, 15) is 19.2 Å². The molecule has 0 aliphatic carbocycles. The van der Waals surface area contributed by atoms with Crippen molar-refractivity contribution < 1.29 is 38.1 Å². The summed E-state index contributed by atoms with van der Waals surface area (Å²) in [4.78, 5) is 88.2. The standard InChI is InChI=1S/C21H21N3O2S.C20H19N3O2S.C20H21N3O2S.C19H19N3O2S/c1-4-7-16-17(5-2)23-20(18-8-6-13-27-18)24-19(16)22-15-11-9-14(10-12-15)21(25)26-3;1-4-6-16-13(2)21-19(17-7-5-12-26-17)23-18(16)22-15-10-8-14(9-11-15)20(24)25-3;1-4-15-16(5-2)22-19(17-7-6-12-26-17)23-18(15)21-14-10-8-13(9-11-14)20(24)25-3;1-4-15-12(2)20-18(16-6-5-11-25-16)22-17(15)21-14-9-7-13(8-10-14)19(23)24-3/h4,6,8-13H,1,5,7H2,2-3H3,(H,22,23,24);4-5,7-12H,1,6H2,2-3H3,(H,21,22,23);6-12H,4-5H2,1-3H3,(H,21,22,23);5-11H,4H2,1-3H3,(H,20,21,22). The maximum Gasteiger partial charge on any atom is 0.337 e. The average molecular weight is 1470 g/mol. The van der Waals surface area contributed by atoms with Gasteiger partial charge in [0.2, 0.25) is 0 Å². The molecule has 104 heavy (non-hydrogen) atoms. The van der Waals surface area contributed by atoms with Gasteiger partial charge in [-0.25, -0.2) is 59.0 Å². The van der Waals surface area contributed by atoms with Crippen molar-refractivity contribution in [1.29, 1.82) is 0 Å². The van der Waals surface area contributed by atoms with Crippen molar-refractivity contribution in [2.24, 2.45) is 0 Å². The predicted molar refractivity (Wildman–Crippen MR) is 420 cm³/mol. The Hall–Kier alpha value is -11.4. The molecule has 20 nitrogen and oxygen atoms in total. The lowest BCUT2D eigenvalue weighted by Crippen LogP contribution is -2.07. The number of nitrogens with zero attached hydrogens (tertiary/aromatic N) is 8. The molecule has 0 aliphatic heterocycles. The lowest BCUT2D eigenvalue weighted by molar-refractivity contribution is 0.0592. The maximum atomic E-state index is 11.6. The van der Waals surface area contributed by atoms with Crippen molar-refractivity contribution in [3.8, 4) is 42.8 Å². The number of esters is 4. The summed E-state index contributed by atoms with van der Waals surface area (Å²) in [6.45, 7) is 20.0. The molecule has 0 aliphatic rings. The van der Waals surface area contributed by atoms with Crippen molar-refractivity contribution in [3.05, 3.63) is 260 Å². The number of methoxy groups -OCH3 is 4. The summed E-state index contributed by atoms with van der Waals surface area (Å²) in [7, 11) is 5.49. The van der Waals surface area contributed by atoms with E-state index in [0.717, 1.165) is 148 Å². The number of nitrogens with one attached hydrogen (secondary N) is 4. The van der Waals surface area contributed by atoms with Gasteiger partial charge in [0.1, 0.15) is 23.3 Å². The van der Waals surface area contributed by atoms with Crippen molar-refractivity contribution in [3.63, 3.8) is 0 Å². The van der Waals surface area contributed by atoms with E-state index in [2.05, 4.69) is 72.1 Å². The lowest BCUT2D eigenvalue weighted by Gasteiger charge is -2.15. The van der Waals surface area contributed by atoms with E-state index in [1.54, 1.807) is 93.9 Å². The molecular weight excluding hydrogens is 1390 g/mol. The third-order valence-corrected chi connectivity index (χ3v) is 19.4. The number of carbonyl (C=O) groups excluding carboxylic acids is 4. The fourth-order valence-electron chi connectivity index (χ4n) is 10.6. The van der Waals surface area contributed by atoms with E-state index in [-0.39, 0.29) is 23.9 Å². The summed E-state index contributed by atoms with van der Waals surface area (Å²) in [5.74, 6) is 4.56. The van der Waals surface area contributed by atoms with E-state index >= 15 is 0 Å². The second-order valence-corrected chi connectivity index (χ2v) is 26.4. The van der Waals surface area contributed by atoms with E-state index in [1.165, 1.54) is 28.4 Å². The van der Waals surface area contributed by atoms with Gasteiger partial charge in [0.15, 0.2) is 23.3 Å². The van der Waals surface area contributed by atoms with Crippen LogP contribution in [-0.2, 0) is 57.5 Å². The van der Waals surface area contributed by atoms with Gasteiger partial charge >= 0.3 is 23.9 Å².